The Kier molecular flexibility index (Phi) is 7.51. The minimum absolute atomic E-state index is 0.00385. The van der Waals surface area contributed by atoms with Crippen LogP contribution in [-0.4, -0.2) is 36.4 Å². The van der Waals surface area contributed by atoms with Crippen LogP contribution in [0.1, 0.15) is 46.6 Å². The number of nitrogens with one attached hydrogen (secondary N) is 1. The highest BCUT2D eigenvalue weighted by Crippen LogP contribution is 2.48. The average molecular weight is 585 g/mol. The van der Waals surface area contributed by atoms with Crippen LogP contribution in [0.3, 0.4) is 0 Å². The number of aryl methyl sites for hydroxylation is 2. The molecule has 1 aromatic heterocycles. The SMILES string of the molecule is COc1ccc(CN2C(=O)NC(C#CC3CC3)(C(F)(F)F)c3cc(Cl)c(Cc4c(C)nc(C)nc4OC)cc32)cc1. The van der Waals surface area contributed by atoms with Gasteiger partial charge in [0.05, 0.1) is 26.5 Å². The zero-order valence-electron chi connectivity index (χ0n) is 22.9. The monoisotopic (exact) mass is 584 g/mol. The highest BCUT2D eigenvalue weighted by Gasteiger charge is 2.60. The van der Waals surface area contributed by atoms with Crippen LogP contribution in [0.15, 0.2) is 36.4 Å². The molecule has 1 unspecified atom stereocenters. The van der Waals surface area contributed by atoms with Gasteiger partial charge in [0.2, 0.25) is 11.4 Å². The summed E-state index contributed by atoms with van der Waals surface area (Å²) in [7, 11) is 3.01. The van der Waals surface area contributed by atoms with Crippen LogP contribution in [0.2, 0.25) is 5.02 Å². The topological polar surface area (TPSA) is 76.6 Å². The van der Waals surface area contributed by atoms with E-state index in [9.17, 15) is 18.0 Å². The van der Waals surface area contributed by atoms with Gasteiger partial charge in [0.25, 0.3) is 0 Å². The first-order chi connectivity index (χ1) is 19.5. The van der Waals surface area contributed by atoms with E-state index in [0.717, 1.165) is 12.8 Å². The summed E-state index contributed by atoms with van der Waals surface area (Å²) in [5, 5.41) is 2.29. The molecule has 0 spiro atoms. The quantitative estimate of drug-likeness (QED) is 0.346. The zero-order chi connectivity index (χ0) is 29.5. The molecule has 1 N–H and O–H groups in total. The van der Waals surface area contributed by atoms with Gasteiger partial charge in [-0.05, 0) is 62.1 Å². The zero-order valence-corrected chi connectivity index (χ0v) is 23.7. The minimum Gasteiger partial charge on any atom is -0.497 e. The predicted molar refractivity (Wildman–Crippen MR) is 148 cm³/mol. The van der Waals surface area contributed by atoms with Gasteiger partial charge in [-0.1, -0.05) is 35.6 Å². The number of hydrogen-bond donors (Lipinski definition) is 1. The van der Waals surface area contributed by atoms with Crippen molar-refractivity contribution in [2.24, 2.45) is 5.92 Å². The Morgan fingerprint density at radius 3 is 2.44 bits per heavy atom. The van der Waals surface area contributed by atoms with Crippen LogP contribution in [0, 0.1) is 31.6 Å². The molecule has 11 heteroatoms. The predicted octanol–water partition coefficient (Wildman–Crippen LogP) is 6.26. The second kappa shape index (κ2) is 10.8. The number of hydrogen-bond acceptors (Lipinski definition) is 5. The number of halogens is 4. The van der Waals surface area contributed by atoms with Gasteiger partial charge in [-0.25, -0.2) is 9.78 Å². The fourth-order valence-electron chi connectivity index (χ4n) is 4.84. The van der Waals surface area contributed by atoms with Gasteiger partial charge in [0, 0.05) is 34.2 Å². The fraction of sp³-hybridized carbons (Fsp3) is 0.367. The van der Waals surface area contributed by atoms with Gasteiger partial charge in [0.15, 0.2) is 0 Å². The minimum atomic E-state index is -4.92. The van der Waals surface area contributed by atoms with E-state index < -0.39 is 17.7 Å². The lowest BCUT2D eigenvalue weighted by molar-refractivity contribution is -0.179. The summed E-state index contributed by atoms with van der Waals surface area (Å²) in [6.07, 6.45) is -3.29. The second-order valence-electron chi connectivity index (χ2n) is 10.1. The highest BCUT2D eigenvalue weighted by molar-refractivity contribution is 6.31. The molecule has 2 aromatic carbocycles. The van der Waals surface area contributed by atoms with E-state index in [4.69, 9.17) is 21.1 Å². The molecule has 1 saturated carbocycles. The molecule has 5 rings (SSSR count). The number of benzene rings is 2. The van der Waals surface area contributed by atoms with E-state index in [0.29, 0.717) is 39.8 Å². The number of rotatable bonds is 6. The number of carbonyl (C=O) groups is 1. The first kappa shape index (κ1) is 28.6. The van der Waals surface area contributed by atoms with Gasteiger partial charge in [0.1, 0.15) is 11.6 Å². The molecule has 1 aliphatic carbocycles. The molecule has 41 heavy (non-hydrogen) atoms. The number of alkyl halides is 3. The summed E-state index contributed by atoms with van der Waals surface area (Å²) >= 11 is 6.68. The van der Waals surface area contributed by atoms with Crippen molar-refractivity contribution in [3.63, 3.8) is 0 Å². The van der Waals surface area contributed by atoms with Crippen LogP contribution < -0.4 is 19.7 Å². The highest BCUT2D eigenvalue weighted by atomic mass is 35.5. The lowest BCUT2D eigenvalue weighted by Crippen LogP contribution is -2.62. The molecule has 2 amide bonds. The number of ether oxygens (including phenoxy) is 2. The van der Waals surface area contributed by atoms with E-state index >= 15 is 0 Å². The van der Waals surface area contributed by atoms with Crippen molar-refractivity contribution < 1.29 is 27.4 Å². The Bertz CT molecular complexity index is 1560. The number of aromatic nitrogens is 2. The Morgan fingerprint density at radius 1 is 1.12 bits per heavy atom. The smallest absolute Gasteiger partial charge is 0.427 e. The van der Waals surface area contributed by atoms with Crippen LogP contribution >= 0.6 is 11.6 Å². The summed E-state index contributed by atoms with van der Waals surface area (Å²) in [6.45, 7) is 3.54. The maximum atomic E-state index is 14.9. The second-order valence-corrected chi connectivity index (χ2v) is 10.5. The molecule has 2 heterocycles. The lowest BCUT2D eigenvalue weighted by Gasteiger charge is -2.42. The lowest BCUT2D eigenvalue weighted by atomic mass is 9.84. The van der Waals surface area contributed by atoms with Crippen molar-refractivity contribution in [1.82, 2.24) is 15.3 Å². The Morgan fingerprint density at radius 2 is 1.83 bits per heavy atom. The summed E-state index contributed by atoms with van der Waals surface area (Å²) < 4.78 is 55.4. The molecule has 1 aliphatic heterocycles. The van der Waals surface area contributed by atoms with Gasteiger partial charge in [-0.2, -0.15) is 18.2 Å². The molecule has 1 atom stereocenters. The number of nitrogens with zero attached hydrogens (tertiary/aromatic N) is 3. The van der Waals surface area contributed by atoms with Crippen molar-refractivity contribution in [3.8, 4) is 23.5 Å². The summed E-state index contributed by atoms with van der Waals surface area (Å²) in [5.74, 6) is 6.48. The largest absolute Gasteiger partial charge is 0.497 e. The summed E-state index contributed by atoms with van der Waals surface area (Å²) in [6, 6.07) is 8.81. The van der Waals surface area contributed by atoms with E-state index in [1.54, 1.807) is 38.1 Å². The number of methoxy groups -OCH3 is 2. The maximum Gasteiger partial charge on any atom is 0.427 e. The molecular formula is C30H28ClF3N4O3. The van der Waals surface area contributed by atoms with Crippen LogP contribution in [0.4, 0.5) is 23.7 Å². The number of amides is 2. The molecule has 7 nitrogen and oxygen atoms in total. The van der Waals surface area contributed by atoms with Crippen molar-refractivity contribution in [2.45, 2.75) is 51.4 Å². The molecular weight excluding hydrogens is 557 g/mol. The third-order valence-corrected chi connectivity index (χ3v) is 7.57. The van der Waals surface area contributed by atoms with E-state index in [-0.39, 0.29) is 35.2 Å². The third kappa shape index (κ3) is 5.51. The molecule has 0 radical (unpaired) electrons. The maximum absolute atomic E-state index is 14.9. The standard InChI is InChI=1S/C30H28ClF3N4O3/c1-17-23(27(41-4)36-18(2)35-17)13-21-14-26-24(15-25(21)31)29(30(32,33)34,12-11-19-5-6-19)37-28(39)38(26)16-20-7-9-22(40-3)10-8-20/h7-10,14-15,19H,5-6,13,16H2,1-4H3,(H,37,39). The third-order valence-electron chi connectivity index (χ3n) is 7.21. The van der Waals surface area contributed by atoms with Crippen molar-refractivity contribution >= 4 is 23.3 Å². The van der Waals surface area contributed by atoms with E-state index in [2.05, 4.69) is 27.1 Å². The van der Waals surface area contributed by atoms with Gasteiger partial charge in [-0.3, -0.25) is 4.90 Å². The van der Waals surface area contributed by atoms with Crippen molar-refractivity contribution in [3.05, 3.63) is 75.2 Å². The molecule has 3 aromatic rings. The Hall–Kier alpha value is -3.97. The van der Waals surface area contributed by atoms with Crippen LogP contribution in [0.25, 0.3) is 0 Å². The van der Waals surface area contributed by atoms with E-state index in [1.165, 1.54) is 31.3 Å². The fourth-order valence-corrected chi connectivity index (χ4v) is 5.07. The van der Waals surface area contributed by atoms with Crippen molar-refractivity contribution in [1.29, 1.82) is 0 Å². The van der Waals surface area contributed by atoms with Crippen LogP contribution in [-0.2, 0) is 18.5 Å². The van der Waals surface area contributed by atoms with Gasteiger partial charge >= 0.3 is 12.2 Å². The first-order valence-electron chi connectivity index (χ1n) is 13.0. The molecule has 0 bridgehead atoms. The summed E-state index contributed by atoms with van der Waals surface area (Å²) in [5.41, 5.74) is -0.620. The molecule has 1 fully saturated rings. The van der Waals surface area contributed by atoms with Gasteiger partial charge < -0.3 is 14.8 Å². The van der Waals surface area contributed by atoms with E-state index in [1.807, 2.05) is 0 Å². The summed E-state index contributed by atoms with van der Waals surface area (Å²) in [4.78, 5) is 23.5. The number of fused-ring (bicyclic) bond motifs is 1. The number of carbonyl (C=O) groups excluding carboxylic acids is 1. The number of urea groups is 1. The molecule has 214 valence electrons. The Labute approximate surface area is 241 Å². The molecule has 2 aliphatic rings. The van der Waals surface area contributed by atoms with Crippen LogP contribution in [0.5, 0.6) is 11.6 Å². The normalized spacial score (nSPS) is 18.2. The first-order valence-corrected chi connectivity index (χ1v) is 13.4. The number of anilines is 1. The average Bonchev–Trinajstić information content (AvgIpc) is 3.75. The van der Waals surface area contributed by atoms with Gasteiger partial charge in [-0.15, -0.1) is 0 Å². The molecule has 0 saturated heterocycles. The van der Waals surface area contributed by atoms with Crippen molar-refractivity contribution in [2.75, 3.05) is 19.1 Å². The Balaban J connectivity index is 1.68.